The van der Waals surface area contributed by atoms with E-state index in [1.54, 1.807) is 0 Å². The number of hydrogen-bond acceptors (Lipinski definition) is 9. The lowest BCUT2D eigenvalue weighted by atomic mass is 9.90. The van der Waals surface area contributed by atoms with Crippen LogP contribution >= 0.6 is 0 Å². The Morgan fingerprint density at radius 2 is 1.30 bits per heavy atom. The van der Waals surface area contributed by atoms with E-state index in [-0.39, 0.29) is 0 Å². The van der Waals surface area contributed by atoms with E-state index in [0.717, 1.165) is 89.1 Å². The van der Waals surface area contributed by atoms with Gasteiger partial charge < -0.3 is 19.9 Å². The van der Waals surface area contributed by atoms with Crippen LogP contribution in [-0.2, 0) is 0 Å². The Balaban J connectivity index is 0.000000161. The highest BCUT2D eigenvalue weighted by molar-refractivity contribution is 5.53. The molecule has 3 saturated heterocycles. The third kappa shape index (κ3) is 8.48. The van der Waals surface area contributed by atoms with Gasteiger partial charge in [-0.15, -0.1) is 0 Å². The minimum atomic E-state index is 0.324. The van der Waals surface area contributed by atoms with Crippen molar-refractivity contribution in [2.75, 3.05) is 58.3 Å². The Labute approximate surface area is 338 Å². The highest BCUT2D eigenvalue weighted by Crippen LogP contribution is 2.42. The topological polar surface area (TPSA) is 99.4 Å². The Kier molecular flexibility index (Phi) is 12.3. The van der Waals surface area contributed by atoms with Gasteiger partial charge in [0.15, 0.2) is 0 Å². The third-order valence-electron chi connectivity index (χ3n) is 12.7. The third-order valence-corrected chi connectivity index (χ3v) is 12.7. The number of hydrogen-bond donors (Lipinski definition) is 1. The van der Waals surface area contributed by atoms with Crippen LogP contribution in [0.3, 0.4) is 0 Å². The van der Waals surface area contributed by atoms with Crippen LogP contribution in [0.5, 0.6) is 0 Å². The number of pyridine rings is 4. The van der Waals surface area contributed by atoms with Gasteiger partial charge in [-0.3, -0.25) is 24.2 Å². The monoisotopic (exact) mass is 768 g/mol. The predicted molar refractivity (Wildman–Crippen MR) is 229 cm³/mol. The lowest BCUT2D eigenvalue weighted by molar-refractivity contribution is 0.0751. The summed E-state index contributed by atoms with van der Waals surface area (Å²) in [4.78, 5) is 29.5. The number of imidazole rings is 2. The Bertz CT molecular complexity index is 2190. The SMILES string of the molecule is Cc1cccnc1C1CCCC(c2cn3c(N4CCN(C)CC4)cccc3n2)N1C.Cc1cccnc1C1CCCC(c2cn3ccccc3n2)N1CCCCN. The summed E-state index contributed by atoms with van der Waals surface area (Å²) in [6.07, 6.45) is 19.6. The smallest absolute Gasteiger partial charge is 0.138 e. The molecule has 3 aliphatic rings. The van der Waals surface area contributed by atoms with E-state index in [1.165, 1.54) is 52.6 Å². The highest BCUT2D eigenvalue weighted by Gasteiger charge is 2.35. The molecule has 0 aromatic carbocycles. The second kappa shape index (κ2) is 17.9. The van der Waals surface area contributed by atoms with Crippen LogP contribution in [0.1, 0.15) is 109 Å². The van der Waals surface area contributed by atoms with Gasteiger partial charge in [0.05, 0.1) is 46.9 Å². The number of piperazine rings is 1. The second-order valence-electron chi connectivity index (χ2n) is 16.4. The lowest BCUT2D eigenvalue weighted by Crippen LogP contribution is -2.45. The maximum Gasteiger partial charge on any atom is 0.138 e. The molecule has 0 radical (unpaired) electrons. The van der Waals surface area contributed by atoms with Gasteiger partial charge >= 0.3 is 0 Å². The molecular formula is C46H61N11. The van der Waals surface area contributed by atoms with Gasteiger partial charge in [-0.05, 0) is 140 Å². The van der Waals surface area contributed by atoms with Crippen molar-refractivity contribution < 1.29 is 0 Å². The molecule has 4 atom stereocenters. The molecule has 11 heteroatoms. The molecule has 0 spiro atoms. The largest absolute Gasteiger partial charge is 0.355 e. The second-order valence-corrected chi connectivity index (χ2v) is 16.4. The molecule has 6 aromatic heterocycles. The zero-order valence-corrected chi connectivity index (χ0v) is 34.4. The minimum absolute atomic E-state index is 0.324. The summed E-state index contributed by atoms with van der Waals surface area (Å²) in [5, 5.41) is 0. The summed E-state index contributed by atoms with van der Waals surface area (Å²) in [7, 11) is 4.44. The standard InChI is InChI=1S/C24H32N6.C22H29N5/c1-18-7-6-12-25-24(18)21-9-4-8-20(28(21)3)19-17-30-22(26-19)10-5-11-23(30)29-15-13-27(2)14-16-29;1-17-8-7-13-24-22(17)20-10-6-9-19(27(20)15-5-3-12-23)18-16-26-14-4-2-11-21(26)25-18/h5-7,10-12,17,20-21H,4,8-9,13-16H2,1-3H3;2,4,7-8,11,13-14,16,19-20H,3,5-6,9-10,12,15,23H2,1H3. The molecule has 0 aliphatic carbocycles. The van der Waals surface area contributed by atoms with Gasteiger partial charge in [-0.1, -0.05) is 24.3 Å². The molecule has 300 valence electrons. The quantitative estimate of drug-likeness (QED) is 0.148. The summed E-state index contributed by atoms with van der Waals surface area (Å²) >= 11 is 0. The van der Waals surface area contributed by atoms with E-state index in [2.05, 4.69) is 117 Å². The summed E-state index contributed by atoms with van der Waals surface area (Å²) < 4.78 is 4.42. The van der Waals surface area contributed by atoms with Crippen molar-refractivity contribution in [2.24, 2.45) is 5.73 Å². The molecule has 9 heterocycles. The molecule has 0 bridgehead atoms. The highest BCUT2D eigenvalue weighted by atomic mass is 15.3. The van der Waals surface area contributed by atoms with Crippen molar-refractivity contribution in [1.29, 1.82) is 0 Å². The van der Waals surface area contributed by atoms with Crippen LogP contribution in [0.25, 0.3) is 11.3 Å². The molecule has 9 rings (SSSR count). The molecule has 57 heavy (non-hydrogen) atoms. The van der Waals surface area contributed by atoms with Crippen LogP contribution in [-0.4, -0.2) is 96.8 Å². The van der Waals surface area contributed by atoms with Crippen LogP contribution in [0.15, 0.2) is 91.6 Å². The van der Waals surface area contributed by atoms with E-state index < -0.39 is 0 Å². The van der Waals surface area contributed by atoms with Crippen LogP contribution in [0.4, 0.5) is 5.82 Å². The lowest BCUT2D eigenvalue weighted by Gasteiger charge is -2.41. The Morgan fingerprint density at radius 3 is 2.02 bits per heavy atom. The zero-order valence-electron chi connectivity index (χ0n) is 34.4. The van der Waals surface area contributed by atoms with Gasteiger partial charge in [0.2, 0.25) is 0 Å². The van der Waals surface area contributed by atoms with Crippen molar-refractivity contribution in [3.63, 3.8) is 0 Å². The first-order chi connectivity index (χ1) is 27.9. The normalized spacial score (nSPS) is 22.5. The fourth-order valence-corrected chi connectivity index (χ4v) is 9.51. The molecule has 4 unspecified atom stereocenters. The average molecular weight is 768 g/mol. The van der Waals surface area contributed by atoms with E-state index in [1.807, 2.05) is 30.6 Å². The van der Waals surface area contributed by atoms with E-state index in [9.17, 15) is 0 Å². The summed E-state index contributed by atoms with van der Waals surface area (Å²) in [5.74, 6) is 1.26. The maximum atomic E-state index is 5.76. The predicted octanol–water partition coefficient (Wildman–Crippen LogP) is 7.73. The van der Waals surface area contributed by atoms with Crippen molar-refractivity contribution in [2.45, 2.75) is 89.4 Å². The molecule has 6 aromatic rings. The average Bonchev–Trinajstić information content (AvgIpc) is 3.87. The summed E-state index contributed by atoms with van der Waals surface area (Å²) in [5.41, 5.74) is 15.2. The van der Waals surface area contributed by atoms with Crippen LogP contribution in [0, 0.1) is 13.8 Å². The van der Waals surface area contributed by atoms with Crippen molar-refractivity contribution in [3.05, 3.63) is 126 Å². The number of nitrogens with zero attached hydrogens (tertiary/aromatic N) is 10. The zero-order chi connectivity index (χ0) is 39.3. The molecule has 2 N–H and O–H groups in total. The molecule has 3 aliphatic heterocycles. The van der Waals surface area contributed by atoms with Crippen molar-refractivity contribution in [1.82, 2.24) is 43.4 Å². The molecule has 3 fully saturated rings. The van der Waals surface area contributed by atoms with E-state index in [4.69, 9.17) is 25.7 Å². The fourth-order valence-electron chi connectivity index (χ4n) is 9.51. The number of anilines is 1. The fraction of sp³-hybridized carbons (Fsp3) is 0.478. The first-order valence-corrected chi connectivity index (χ1v) is 21.3. The molecular weight excluding hydrogens is 707 g/mol. The maximum absolute atomic E-state index is 5.76. The van der Waals surface area contributed by atoms with Crippen LogP contribution in [0.2, 0.25) is 0 Å². The number of nitrogens with two attached hydrogens (primary N) is 1. The number of unbranched alkanes of at least 4 members (excludes halogenated alkanes) is 1. The molecule has 11 nitrogen and oxygen atoms in total. The van der Waals surface area contributed by atoms with E-state index in [0.29, 0.717) is 24.2 Å². The number of rotatable bonds is 9. The number of aromatic nitrogens is 6. The van der Waals surface area contributed by atoms with Crippen molar-refractivity contribution >= 4 is 17.1 Å². The van der Waals surface area contributed by atoms with Gasteiger partial charge in [-0.2, -0.15) is 0 Å². The number of fused-ring (bicyclic) bond motifs is 2. The first kappa shape index (κ1) is 39.2. The van der Waals surface area contributed by atoms with Gasteiger partial charge in [0.25, 0.3) is 0 Å². The molecule has 0 amide bonds. The number of aryl methyl sites for hydroxylation is 2. The Morgan fingerprint density at radius 1 is 0.649 bits per heavy atom. The summed E-state index contributed by atoms with van der Waals surface area (Å²) in [6.45, 7) is 10.5. The van der Waals surface area contributed by atoms with E-state index >= 15 is 0 Å². The van der Waals surface area contributed by atoms with Crippen LogP contribution < -0.4 is 10.6 Å². The number of piperidine rings is 2. The molecule has 0 saturated carbocycles. The first-order valence-electron chi connectivity index (χ1n) is 21.3. The minimum Gasteiger partial charge on any atom is -0.355 e. The van der Waals surface area contributed by atoms with Crippen molar-refractivity contribution in [3.8, 4) is 0 Å². The number of likely N-dealkylation sites (N-methyl/N-ethyl adjacent to an activating group) is 1. The van der Waals surface area contributed by atoms with Gasteiger partial charge in [0.1, 0.15) is 17.1 Å². The summed E-state index contributed by atoms with van der Waals surface area (Å²) in [6, 6.07) is 22.5. The number of likely N-dealkylation sites (tertiary alicyclic amines) is 2. The Hall–Kier alpha value is -4.68. The van der Waals surface area contributed by atoms with Gasteiger partial charge in [0, 0.05) is 57.2 Å². The van der Waals surface area contributed by atoms with Gasteiger partial charge in [-0.25, -0.2) is 9.97 Å².